The first kappa shape index (κ1) is 15.7. The first-order valence-corrected chi connectivity index (χ1v) is 7.59. The second-order valence-electron chi connectivity index (χ2n) is 5.23. The molecule has 0 spiro atoms. The fourth-order valence-corrected chi connectivity index (χ4v) is 2.55. The van der Waals surface area contributed by atoms with Crippen molar-refractivity contribution >= 4 is 21.8 Å². The highest BCUT2D eigenvalue weighted by molar-refractivity contribution is 9.10. The summed E-state index contributed by atoms with van der Waals surface area (Å²) in [6.07, 6.45) is 0. The van der Waals surface area contributed by atoms with Crippen LogP contribution in [-0.2, 0) is 0 Å². The second kappa shape index (κ2) is 6.85. The van der Waals surface area contributed by atoms with Crippen LogP contribution >= 0.6 is 15.9 Å². The van der Waals surface area contributed by atoms with E-state index >= 15 is 0 Å². The lowest BCUT2D eigenvalue weighted by Gasteiger charge is -2.23. The summed E-state index contributed by atoms with van der Waals surface area (Å²) in [5.41, 5.74) is 1.06. The van der Waals surface area contributed by atoms with E-state index < -0.39 is 11.7 Å². The highest BCUT2D eigenvalue weighted by Gasteiger charge is 2.20. The molecule has 0 aliphatic rings. The fraction of sp³-hybridized carbons (Fsp3) is 0.235. The number of amides is 1. The molecule has 2 aromatic rings. The van der Waals surface area contributed by atoms with E-state index in [9.17, 15) is 9.18 Å². The predicted octanol–water partition coefficient (Wildman–Crippen LogP) is 4.72. The number of carbonyl (C=O) groups is 1. The van der Waals surface area contributed by atoms with Crippen molar-refractivity contribution < 1.29 is 9.18 Å². The van der Waals surface area contributed by atoms with E-state index in [0.717, 1.165) is 5.56 Å². The van der Waals surface area contributed by atoms with Gasteiger partial charge in [-0.15, -0.1) is 0 Å². The zero-order chi connectivity index (χ0) is 15.4. The van der Waals surface area contributed by atoms with Gasteiger partial charge in [0.25, 0.3) is 5.91 Å². The Hall–Kier alpha value is -1.68. The Bertz CT molecular complexity index is 628. The molecule has 0 aromatic heterocycles. The SMILES string of the molecule is CC(C)C(NC(=O)c1cc(Br)ccc1F)c1ccccc1. The number of halogens is 2. The van der Waals surface area contributed by atoms with Crippen molar-refractivity contribution in [3.63, 3.8) is 0 Å². The zero-order valence-corrected chi connectivity index (χ0v) is 13.5. The van der Waals surface area contributed by atoms with Gasteiger partial charge in [0, 0.05) is 4.47 Å². The summed E-state index contributed by atoms with van der Waals surface area (Å²) < 4.78 is 14.5. The number of rotatable bonds is 4. The minimum absolute atomic E-state index is 0.0472. The summed E-state index contributed by atoms with van der Waals surface area (Å²) in [7, 11) is 0. The van der Waals surface area contributed by atoms with Crippen LogP contribution in [0.25, 0.3) is 0 Å². The quantitative estimate of drug-likeness (QED) is 0.850. The van der Waals surface area contributed by atoms with Gasteiger partial charge >= 0.3 is 0 Å². The summed E-state index contributed by atoms with van der Waals surface area (Å²) in [6, 6.07) is 13.9. The van der Waals surface area contributed by atoms with E-state index in [2.05, 4.69) is 21.2 Å². The zero-order valence-electron chi connectivity index (χ0n) is 11.9. The third-order valence-electron chi connectivity index (χ3n) is 3.28. The van der Waals surface area contributed by atoms with Crippen LogP contribution in [0.4, 0.5) is 4.39 Å². The second-order valence-corrected chi connectivity index (χ2v) is 6.15. The van der Waals surface area contributed by atoms with Gasteiger partial charge in [-0.2, -0.15) is 0 Å². The fourth-order valence-electron chi connectivity index (χ4n) is 2.19. The molecule has 110 valence electrons. The molecular formula is C17H17BrFNO. The minimum atomic E-state index is -0.522. The molecule has 4 heteroatoms. The van der Waals surface area contributed by atoms with Crippen LogP contribution in [0, 0.1) is 11.7 Å². The smallest absolute Gasteiger partial charge is 0.254 e. The van der Waals surface area contributed by atoms with Crippen LogP contribution in [0.2, 0.25) is 0 Å². The van der Waals surface area contributed by atoms with Crippen LogP contribution in [0.3, 0.4) is 0 Å². The van der Waals surface area contributed by atoms with Gasteiger partial charge in [-0.25, -0.2) is 4.39 Å². The summed E-state index contributed by atoms with van der Waals surface area (Å²) in [5.74, 6) is -0.728. The van der Waals surface area contributed by atoms with Crippen LogP contribution in [-0.4, -0.2) is 5.91 Å². The molecule has 0 fully saturated rings. The van der Waals surface area contributed by atoms with E-state index in [1.165, 1.54) is 12.1 Å². The lowest BCUT2D eigenvalue weighted by molar-refractivity contribution is 0.0921. The molecule has 0 aliphatic heterocycles. The first-order chi connectivity index (χ1) is 9.99. The van der Waals surface area contributed by atoms with Crippen molar-refractivity contribution in [1.82, 2.24) is 5.32 Å². The molecule has 0 saturated carbocycles. The average Bonchev–Trinajstić information content (AvgIpc) is 2.47. The number of hydrogen-bond acceptors (Lipinski definition) is 1. The highest BCUT2D eigenvalue weighted by Crippen LogP contribution is 2.23. The molecule has 21 heavy (non-hydrogen) atoms. The van der Waals surface area contributed by atoms with Crippen molar-refractivity contribution in [2.75, 3.05) is 0 Å². The Balaban J connectivity index is 2.25. The maximum atomic E-state index is 13.8. The van der Waals surface area contributed by atoms with Gasteiger partial charge in [0.2, 0.25) is 0 Å². The van der Waals surface area contributed by atoms with E-state index in [4.69, 9.17) is 0 Å². The van der Waals surface area contributed by atoms with E-state index in [-0.39, 0.29) is 17.5 Å². The number of carbonyl (C=O) groups excluding carboxylic acids is 1. The number of hydrogen-bond donors (Lipinski definition) is 1. The maximum Gasteiger partial charge on any atom is 0.254 e. The first-order valence-electron chi connectivity index (χ1n) is 6.80. The Labute approximate surface area is 132 Å². The summed E-state index contributed by atoms with van der Waals surface area (Å²) >= 11 is 3.26. The van der Waals surface area contributed by atoms with Crippen molar-refractivity contribution in [3.8, 4) is 0 Å². The van der Waals surface area contributed by atoms with E-state index in [1.807, 2.05) is 44.2 Å². The number of nitrogens with one attached hydrogen (secondary N) is 1. The topological polar surface area (TPSA) is 29.1 Å². The molecule has 1 amide bonds. The van der Waals surface area contributed by atoms with Gasteiger partial charge in [-0.1, -0.05) is 60.1 Å². The van der Waals surface area contributed by atoms with E-state index in [1.54, 1.807) is 6.07 Å². The van der Waals surface area contributed by atoms with Gasteiger partial charge in [0.15, 0.2) is 0 Å². The van der Waals surface area contributed by atoms with Gasteiger partial charge in [-0.05, 0) is 29.7 Å². The molecule has 1 N–H and O–H groups in total. The highest BCUT2D eigenvalue weighted by atomic mass is 79.9. The summed E-state index contributed by atoms with van der Waals surface area (Å²) in [5, 5.41) is 2.92. The minimum Gasteiger partial charge on any atom is -0.345 e. The maximum absolute atomic E-state index is 13.8. The molecule has 0 bridgehead atoms. The largest absolute Gasteiger partial charge is 0.345 e. The summed E-state index contributed by atoms with van der Waals surface area (Å²) in [6.45, 7) is 4.05. The Kier molecular flexibility index (Phi) is 5.12. The molecule has 0 radical (unpaired) electrons. The molecule has 2 rings (SSSR count). The van der Waals surface area contributed by atoms with Crippen molar-refractivity contribution in [2.45, 2.75) is 19.9 Å². The number of benzene rings is 2. The third-order valence-corrected chi connectivity index (χ3v) is 3.78. The van der Waals surface area contributed by atoms with Crippen molar-refractivity contribution in [1.29, 1.82) is 0 Å². The normalized spacial score (nSPS) is 12.2. The Morgan fingerprint density at radius 1 is 1.14 bits per heavy atom. The Morgan fingerprint density at radius 2 is 1.81 bits per heavy atom. The van der Waals surface area contributed by atoms with Gasteiger partial charge in [0.1, 0.15) is 5.82 Å². The van der Waals surface area contributed by atoms with Crippen molar-refractivity contribution in [3.05, 3.63) is 69.9 Å². The lowest BCUT2D eigenvalue weighted by Crippen LogP contribution is -2.32. The molecule has 2 nitrogen and oxygen atoms in total. The molecule has 0 aliphatic carbocycles. The molecule has 0 heterocycles. The van der Waals surface area contributed by atoms with Crippen LogP contribution in [0.1, 0.15) is 35.8 Å². The predicted molar refractivity (Wildman–Crippen MR) is 85.6 cm³/mol. The van der Waals surface area contributed by atoms with Gasteiger partial charge in [-0.3, -0.25) is 4.79 Å². The molecular weight excluding hydrogens is 333 g/mol. The van der Waals surface area contributed by atoms with Crippen LogP contribution in [0.15, 0.2) is 53.0 Å². The van der Waals surface area contributed by atoms with Gasteiger partial charge < -0.3 is 5.32 Å². The molecule has 2 aromatic carbocycles. The lowest BCUT2D eigenvalue weighted by atomic mass is 9.95. The van der Waals surface area contributed by atoms with Crippen molar-refractivity contribution in [2.24, 2.45) is 5.92 Å². The molecule has 1 unspecified atom stereocenters. The molecule has 0 saturated heterocycles. The molecule has 1 atom stereocenters. The monoisotopic (exact) mass is 349 g/mol. The third kappa shape index (κ3) is 3.91. The Morgan fingerprint density at radius 3 is 2.43 bits per heavy atom. The van der Waals surface area contributed by atoms with Crippen LogP contribution in [0.5, 0.6) is 0 Å². The van der Waals surface area contributed by atoms with Gasteiger partial charge in [0.05, 0.1) is 11.6 Å². The average molecular weight is 350 g/mol. The standard InChI is InChI=1S/C17H17BrFNO/c1-11(2)16(12-6-4-3-5-7-12)20-17(21)14-10-13(18)8-9-15(14)19/h3-11,16H,1-2H3,(H,20,21). The van der Waals surface area contributed by atoms with E-state index in [0.29, 0.717) is 4.47 Å². The van der Waals surface area contributed by atoms with Crippen LogP contribution < -0.4 is 5.32 Å². The summed E-state index contributed by atoms with van der Waals surface area (Å²) in [4.78, 5) is 12.3.